The number of rotatable bonds is 8. The lowest BCUT2D eigenvalue weighted by atomic mass is 10.1. The molecule has 0 saturated heterocycles. The van der Waals surface area contributed by atoms with Crippen LogP contribution in [-0.2, 0) is 8.85 Å². The molecule has 2 nitrogen and oxygen atoms in total. The van der Waals surface area contributed by atoms with Crippen molar-refractivity contribution in [2.24, 2.45) is 0 Å². The van der Waals surface area contributed by atoms with Crippen molar-refractivity contribution in [3.05, 3.63) is 58.7 Å². The van der Waals surface area contributed by atoms with E-state index in [2.05, 4.69) is 77.9 Å². The molecule has 0 aliphatic heterocycles. The van der Waals surface area contributed by atoms with Crippen molar-refractivity contribution in [3.8, 4) is 0 Å². The summed E-state index contributed by atoms with van der Waals surface area (Å²) in [6.07, 6.45) is 1.97. The third kappa shape index (κ3) is 4.41. The van der Waals surface area contributed by atoms with Crippen LogP contribution in [0, 0.1) is 27.7 Å². The van der Waals surface area contributed by atoms with Gasteiger partial charge in [-0.3, -0.25) is 0 Å². The number of hydrogen-bond donors (Lipinski definition) is 0. The minimum atomic E-state index is -2.70. The van der Waals surface area contributed by atoms with Gasteiger partial charge in [-0.15, -0.1) is 0 Å². The van der Waals surface area contributed by atoms with Crippen LogP contribution in [0.3, 0.4) is 0 Å². The molecule has 0 unspecified atom stereocenters. The van der Waals surface area contributed by atoms with Crippen LogP contribution in [0.5, 0.6) is 0 Å². The van der Waals surface area contributed by atoms with Crippen molar-refractivity contribution in [2.45, 2.75) is 54.4 Å². The summed E-state index contributed by atoms with van der Waals surface area (Å²) in [5.74, 6) is 0. The van der Waals surface area contributed by atoms with E-state index in [1.54, 1.807) is 0 Å². The van der Waals surface area contributed by atoms with E-state index in [-0.39, 0.29) is 0 Å². The molecule has 0 amide bonds. The quantitative estimate of drug-likeness (QED) is 0.656. The maximum absolute atomic E-state index is 6.56. The Balaban J connectivity index is 2.64. The Hall–Kier alpha value is -1.42. The average Bonchev–Trinajstić information content (AvgIpc) is 2.60. The summed E-state index contributed by atoms with van der Waals surface area (Å²) in [5, 5.41) is 2.42. The Labute approximate surface area is 154 Å². The predicted molar refractivity (Wildman–Crippen MR) is 109 cm³/mol. The molecule has 0 bridgehead atoms. The first-order valence-electron chi connectivity index (χ1n) is 9.38. The Morgan fingerprint density at radius 3 is 1.36 bits per heavy atom. The normalized spacial score (nSPS) is 11.8. The number of hydrogen-bond acceptors (Lipinski definition) is 2. The fourth-order valence-corrected chi connectivity index (χ4v) is 6.41. The molecule has 25 heavy (non-hydrogen) atoms. The van der Waals surface area contributed by atoms with Crippen molar-refractivity contribution in [2.75, 3.05) is 13.2 Å². The highest BCUT2D eigenvalue weighted by atomic mass is 28.4. The van der Waals surface area contributed by atoms with Crippen LogP contribution in [-0.4, -0.2) is 21.8 Å². The van der Waals surface area contributed by atoms with E-state index in [9.17, 15) is 0 Å². The fraction of sp³-hybridized carbons (Fsp3) is 0.455. The van der Waals surface area contributed by atoms with E-state index >= 15 is 0 Å². The van der Waals surface area contributed by atoms with E-state index < -0.39 is 8.56 Å². The summed E-state index contributed by atoms with van der Waals surface area (Å²) in [6, 6.07) is 13.3. The summed E-state index contributed by atoms with van der Waals surface area (Å²) in [5.41, 5.74) is 5.19. The van der Waals surface area contributed by atoms with Crippen molar-refractivity contribution in [1.82, 2.24) is 0 Å². The van der Waals surface area contributed by atoms with Gasteiger partial charge in [0.25, 0.3) is 0 Å². The highest BCUT2D eigenvalue weighted by Gasteiger charge is 2.43. The molecule has 0 saturated carbocycles. The molecule has 0 heterocycles. The summed E-state index contributed by atoms with van der Waals surface area (Å²) in [4.78, 5) is 0. The molecule has 0 N–H and O–H groups in total. The van der Waals surface area contributed by atoms with Crippen LogP contribution in [0.15, 0.2) is 36.4 Å². The zero-order valence-corrected chi connectivity index (χ0v) is 17.6. The van der Waals surface area contributed by atoms with Gasteiger partial charge < -0.3 is 8.85 Å². The largest absolute Gasteiger partial charge is 0.407 e. The molecule has 2 aromatic carbocycles. The first-order chi connectivity index (χ1) is 11.9. The van der Waals surface area contributed by atoms with Gasteiger partial charge in [0, 0.05) is 13.2 Å². The summed E-state index contributed by atoms with van der Waals surface area (Å²) in [7, 11) is -2.70. The van der Waals surface area contributed by atoms with Gasteiger partial charge in [0.1, 0.15) is 0 Å². The molecular weight excluding hydrogens is 324 g/mol. The molecule has 0 fully saturated rings. The second-order valence-electron chi connectivity index (χ2n) is 6.91. The van der Waals surface area contributed by atoms with Crippen LogP contribution in [0.4, 0.5) is 0 Å². The van der Waals surface area contributed by atoms with Crippen molar-refractivity contribution in [3.63, 3.8) is 0 Å². The lowest BCUT2D eigenvalue weighted by Crippen LogP contribution is -2.63. The van der Waals surface area contributed by atoms with Gasteiger partial charge in [0.15, 0.2) is 0 Å². The lowest BCUT2D eigenvalue weighted by Gasteiger charge is -2.32. The van der Waals surface area contributed by atoms with Gasteiger partial charge in [-0.25, -0.2) is 0 Å². The zero-order valence-electron chi connectivity index (χ0n) is 16.6. The average molecular weight is 357 g/mol. The van der Waals surface area contributed by atoms with E-state index in [1.165, 1.54) is 32.6 Å². The number of benzene rings is 2. The molecule has 0 aliphatic rings. The van der Waals surface area contributed by atoms with E-state index in [1.807, 2.05) is 0 Å². The Kier molecular flexibility index (Phi) is 7.00. The SMILES string of the molecule is CCCO[Si](OCCC)(c1ccc(C)c(C)c1)c1ccc(C)c(C)c1. The Morgan fingerprint density at radius 2 is 1.04 bits per heavy atom. The molecule has 2 aromatic rings. The minimum absolute atomic E-state index is 0.718. The Bertz CT molecular complexity index is 648. The first kappa shape index (κ1) is 19.9. The summed E-state index contributed by atoms with van der Waals surface area (Å²) < 4.78 is 13.1. The van der Waals surface area contributed by atoms with Gasteiger partial charge in [-0.1, -0.05) is 50.2 Å². The molecule has 3 heteroatoms. The standard InChI is InChI=1S/C22H32O2Si/c1-7-13-23-25(24-14-8-2,21-11-9-17(3)19(5)15-21)22-12-10-18(4)20(6)16-22/h9-12,15-16H,7-8,13-14H2,1-6H3. The zero-order chi connectivity index (χ0) is 18.4. The molecule has 0 atom stereocenters. The molecule has 2 rings (SSSR count). The second-order valence-corrected chi connectivity index (χ2v) is 9.88. The molecule has 0 radical (unpaired) electrons. The third-order valence-corrected chi connectivity index (χ3v) is 8.16. The molecule has 136 valence electrons. The second kappa shape index (κ2) is 8.79. The molecule has 0 spiro atoms. The maximum atomic E-state index is 6.56. The molecular formula is C22H32O2Si. The van der Waals surface area contributed by atoms with Gasteiger partial charge >= 0.3 is 8.56 Å². The fourth-order valence-electron chi connectivity index (χ4n) is 2.93. The first-order valence-corrected chi connectivity index (χ1v) is 11.2. The van der Waals surface area contributed by atoms with Crippen molar-refractivity contribution in [1.29, 1.82) is 0 Å². The van der Waals surface area contributed by atoms with Gasteiger partial charge in [0.2, 0.25) is 0 Å². The minimum Gasteiger partial charge on any atom is -0.388 e. The van der Waals surface area contributed by atoms with Gasteiger partial charge in [-0.2, -0.15) is 0 Å². The number of aryl methyl sites for hydroxylation is 4. The van der Waals surface area contributed by atoms with Crippen molar-refractivity contribution < 1.29 is 8.85 Å². The van der Waals surface area contributed by atoms with Crippen LogP contribution in [0.25, 0.3) is 0 Å². The van der Waals surface area contributed by atoms with Crippen LogP contribution < -0.4 is 10.4 Å². The van der Waals surface area contributed by atoms with E-state index in [0.717, 1.165) is 26.1 Å². The smallest absolute Gasteiger partial charge is 0.388 e. The van der Waals surface area contributed by atoms with Gasteiger partial charge in [0.05, 0.1) is 0 Å². The highest BCUT2D eigenvalue weighted by molar-refractivity contribution is 6.92. The Morgan fingerprint density at radius 1 is 0.640 bits per heavy atom. The predicted octanol–water partition coefficient (Wildman–Crippen LogP) is 4.33. The van der Waals surface area contributed by atoms with Gasteiger partial charge in [-0.05, 0) is 73.2 Å². The van der Waals surface area contributed by atoms with E-state index in [0.29, 0.717) is 0 Å². The highest BCUT2D eigenvalue weighted by Crippen LogP contribution is 2.16. The van der Waals surface area contributed by atoms with Crippen LogP contribution in [0.1, 0.15) is 48.9 Å². The van der Waals surface area contributed by atoms with Crippen LogP contribution >= 0.6 is 0 Å². The lowest BCUT2D eigenvalue weighted by molar-refractivity contribution is 0.191. The molecule has 0 aliphatic carbocycles. The molecule has 0 aromatic heterocycles. The summed E-state index contributed by atoms with van der Waals surface area (Å²) in [6.45, 7) is 14.4. The monoisotopic (exact) mass is 356 g/mol. The topological polar surface area (TPSA) is 18.5 Å². The third-order valence-electron chi connectivity index (χ3n) is 4.79. The summed E-state index contributed by atoms with van der Waals surface area (Å²) >= 11 is 0. The maximum Gasteiger partial charge on any atom is 0.407 e. The van der Waals surface area contributed by atoms with Crippen molar-refractivity contribution >= 4 is 18.9 Å². The van der Waals surface area contributed by atoms with Crippen LogP contribution in [0.2, 0.25) is 0 Å². The van der Waals surface area contributed by atoms with E-state index in [4.69, 9.17) is 8.85 Å².